The third kappa shape index (κ3) is 1.98. The highest BCUT2D eigenvalue weighted by molar-refractivity contribution is 5.77. The third-order valence-corrected chi connectivity index (χ3v) is 2.79. The van der Waals surface area contributed by atoms with Crippen LogP contribution in [0.2, 0.25) is 0 Å². The maximum atomic E-state index is 11.6. The van der Waals surface area contributed by atoms with E-state index in [0.29, 0.717) is 6.42 Å². The highest BCUT2D eigenvalue weighted by atomic mass is 16.5. The van der Waals surface area contributed by atoms with E-state index < -0.39 is 6.10 Å². The van der Waals surface area contributed by atoms with Gasteiger partial charge in [-0.1, -0.05) is 0 Å². The summed E-state index contributed by atoms with van der Waals surface area (Å²) in [5, 5.41) is 12.3. The highest BCUT2D eigenvalue weighted by Gasteiger charge is 2.36. The predicted molar refractivity (Wildman–Crippen MR) is 53.9 cm³/mol. The number of aliphatic hydroxyl groups is 1. The summed E-state index contributed by atoms with van der Waals surface area (Å²) in [4.78, 5) is 13.1. The van der Waals surface area contributed by atoms with Gasteiger partial charge in [-0.2, -0.15) is 0 Å². The molecular weight excluding hydrogens is 196 g/mol. The minimum Gasteiger partial charge on any atom is -0.390 e. The molecule has 0 saturated carbocycles. The molecule has 0 spiro atoms. The van der Waals surface area contributed by atoms with Gasteiger partial charge < -0.3 is 15.2 Å². The second-order valence-corrected chi connectivity index (χ2v) is 4.09. The summed E-state index contributed by atoms with van der Waals surface area (Å²) >= 11 is 0. The Bertz CT molecular complexity index is 282. The van der Waals surface area contributed by atoms with E-state index in [9.17, 15) is 9.90 Å². The van der Waals surface area contributed by atoms with Gasteiger partial charge in [0, 0.05) is 18.7 Å². The molecule has 2 heterocycles. The molecule has 2 aliphatic rings. The summed E-state index contributed by atoms with van der Waals surface area (Å²) in [6.45, 7) is 3.71. The van der Waals surface area contributed by atoms with Crippen molar-refractivity contribution in [3.8, 4) is 0 Å². The van der Waals surface area contributed by atoms with Crippen molar-refractivity contribution in [2.24, 2.45) is 0 Å². The molecule has 84 valence electrons. The van der Waals surface area contributed by atoms with Gasteiger partial charge in [0.1, 0.15) is 6.23 Å². The molecule has 15 heavy (non-hydrogen) atoms. The lowest BCUT2D eigenvalue weighted by atomic mass is 10.2. The summed E-state index contributed by atoms with van der Waals surface area (Å²) in [6, 6.07) is -0.117. The molecule has 0 bridgehead atoms. The molecule has 0 aliphatic carbocycles. The molecule has 4 atom stereocenters. The summed E-state index contributed by atoms with van der Waals surface area (Å²) in [6.07, 6.45) is 3.02. The van der Waals surface area contributed by atoms with Gasteiger partial charge in [0.05, 0.1) is 12.2 Å². The second-order valence-electron chi connectivity index (χ2n) is 4.09. The Labute approximate surface area is 88.7 Å². The van der Waals surface area contributed by atoms with E-state index in [1.807, 2.05) is 13.0 Å². The number of carbonyl (C=O) groups is 1. The van der Waals surface area contributed by atoms with E-state index in [2.05, 4.69) is 5.32 Å². The van der Waals surface area contributed by atoms with Crippen LogP contribution in [0.4, 0.5) is 4.79 Å². The molecule has 0 aromatic rings. The van der Waals surface area contributed by atoms with Crippen LogP contribution in [0.3, 0.4) is 0 Å². The molecule has 1 fully saturated rings. The third-order valence-electron chi connectivity index (χ3n) is 2.79. The summed E-state index contributed by atoms with van der Waals surface area (Å²) in [5.41, 5.74) is 0. The first-order valence-corrected chi connectivity index (χ1v) is 5.18. The summed E-state index contributed by atoms with van der Waals surface area (Å²) in [5.74, 6) is 0. The van der Waals surface area contributed by atoms with Crippen molar-refractivity contribution in [1.29, 1.82) is 0 Å². The number of rotatable bonds is 1. The van der Waals surface area contributed by atoms with Gasteiger partial charge in [-0.25, -0.2) is 4.79 Å². The van der Waals surface area contributed by atoms with E-state index >= 15 is 0 Å². The van der Waals surface area contributed by atoms with Crippen LogP contribution in [-0.4, -0.2) is 40.5 Å². The number of nitrogens with one attached hydrogen (secondary N) is 1. The van der Waals surface area contributed by atoms with Crippen molar-refractivity contribution in [3.05, 3.63) is 12.3 Å². The average Bonchev–Trinajstić information content (AvgIpc) is 2.46. The van der Waals surface area contributed by atoms with Crippen molar-refractivity contribution in [1.82, 2.24) is 10.2 Å². The van der Waals surface area contributed by atoms with Crippen LogP contribution in [0, 0.1) is 0 Å². The zero-order chi connectivity index (χ0) is 11.0. The molecule has 0 aromatic heterocycles. The fourth-order valence-electron chi connectivity index (χ4n) is 1.81. The first kappa shape index (κ1) is 10.4. The van der Waals surface area contributed by atoms with Crippen LogP contribution in [0.15, 0.2) is 12.3 Å². The van der Waals surface area contributed by atoms with Gasteiger partial charge in [-0.05, 0) is 19.9 Å². The molecule has 0 aromatic carbocycles. The van der Waals surface area contributed by atoms with Crippen LogP contribution in [-0.2, 0) is 4.74 Å². The molecule has 5 heteroatoms. The van der Waals surface area contributed by atoms with Crippen molar-refractivity contribution in [3.63, 3.8) is 0 Å². The normalized spacial score (nSPS) is 40.7. The number of hydrogen-bond acceptors (Lipinski definition) is 3. The molecule has 2 amide bonds. The van der Waals surface area contributed by atoms with Gasteiger partial charge in [0.2, 0.25) is 0 Å². The van der Waals surface area contributed by atoms with Crippen molar-refractivity contribution in [2.75, 3.05) is 0 Å². The largest absolute Gasteiger partial charge is 0.390 e. The zero-order valence-corrected chi connectivity index (χ0v) is 8.88. The number of hydrogen-bond donors (Lipinski definition) is 2. The topological polar surface area (TPSA) is 61.8 Å². The van der Waals surface area contributed by atoms with E-state index in [0.717, 1.165) is 0 Å². The van der Waals surface area contributed by atoms with Crippen LogP contribution < -0.4 is 5.32 Å². The number of aliphatic hydroxyl groups excluding tert-OH is 1. The molecular formula is C10H16N2O3. The summed E-state index contributed by atoms with van der Waals surface area (Å²) in [7, 11) is 0. The Hall–Kier alpha value is -1.07. The Balaban J connectivity index is 2.06. The lowest BCUT2D eigenvalue weighted by Gasteiger charge is -2.29. The minimum atomic E-state index is -0.490. The van der Waals surface area contributed by atoms with Gasteiger partial charge in [0.15, 0.2) is 0 Å². The quantitative estimate of drug-likeness (QED) is 0.661. The van der Waals surface area contributed by atoms with Gasteiger partial charge >= 0.3 is 6.03 Å². The van der Waals surface area contributed by atoms with E-state index in [1.165, 1.54) is 4.90 Å². The number of urea groups is 1. The minimum absolute atomic E-state index is 0.0532. The van der Waals surface area contributed by atoms with E-state index in [1.54, 1.807) is 13.1 Å². The van der Waals surface area contributed by atoms with Crippen LogP contribution >= 0.6 is 0 Å². The zero-order valence-electron chi connectivity index (χ0n) is 8.88. The average molecular weight is 212 g/mol. The monoisotopic (exact) mass is 212 g/mol. The maximum absolute atomic E-state index is 11.6. The summed E-state index contributed by atoms with van der Waals surface area (Å²) < 4.78 is 5.48. The lowest BCUT2D eigenvalue weighted by Crippen LogP contribution is -2.48. The van der Waals surface area contributed by atoms with Crippen LogP contribution in [0.25, 0.3) is 0 Å². The first-order chi connectivity index (χ1) is 7.08. The predicted octanol–water partition coefficient (Wildman–Crippen LogP) is 0.410. The van der Waals surface area contributed by atoms with Crippen molar-refractivity contribution >= 4 is 6.03 Å². The molecule has 2 rings (SSSR count). The maximum Gasteiger partial charge on any atom is 0.323 e. The Morgan fingerprint density at radius 3 is 2.87 bits per heavy atom. The highest BCUT2D eigenvalue weighted by Crippen LogP contribution is 2.24. The van der Waals surface area contributed by atoms with Gasteiger partial charge in [-0.3, -0.25) is 4.90 Å². The molecule has 5 nitrogen and oxygen atoms in total. The van der Waals surface area contributed by atoms with Crippen LogP contribution in [0.1, 0.15) is 20.3 Å². The van der Waals surface area contributed by atoms with E-state index in [4.69, 9.17) is 4.74 Å². The second kappa shape index (κ2) is 3.83. The Morgan fingerprint density at radius 2 is 2.33 bits per heavy atom. The smallest absolute Gasteiger partial charge is 0.323 e. The molecule has 2 aliphatic heterocycles. The van der Waals surface area contributed by atoms with Crippen molar-refractivity contribution < 1.29 is 14.6 Å². The molecule has 4 unspecified atom stereocenters. The SMILES string of the molecule is CC1C=CN(C2CC(O)C(C)O2)C(=O)N1. The fourth-order valence-corrected chi connectivity index (χ4v) is 1.81. The number of nitrogens with zero attached hydrogens (tertiary/aromatic N) is 1. The number of carbonyl (C=O) groups excluding carboxylic acids is 1. The molecule has 1 saturated heterocycles. The fraction of sp³-hybridized carbons (Fsp3) is 0.700. The molecule has 2 N–H and O–H groups in total. The number of amides is 2. The Kier molecular flexibility index (Phi) is 2.67. The van der Waals surface area contributed by atoms with E-state index in [-0.39, 0.29) is 24.4 Å². The van der Waals surface area contributed by atoms with Crippen LogP contribution in [0.5, 0.6) is 0 Å². The standard InChI is InChI=1S/C10H16N2O3/c1-6-3-4-12(10(14)11-6)9-5-8(13)7(2)15-9/h3-4,6-9,13H,5H2,1-2H3,(H,11,14). The van der Waals surface area contributed by atoms with Gasteiger partial charge in [0.25, 0.3) is 0 Å². The molecule has 0 radical (unpaired) electrons. The van der Waals surface area contributed by atoms with Gasteiger partial charge in [-0.15, -0.1) is 0 Å². The first-order valence-electron chi connectivity index (χ1n) is 5.18. The Morgan fingerprint density at radius 1 is 1.60 bits per heavy atom. The lowest BCUT2D eigenvalue weighted by molar-refractivity contribution is -0.0234. The van der Waals surface area contributed by atoms with Crippen molar-refractivity contribution in [2.45, 2.75) is 44.7 Å². The number of ether oxygens (including phenoxy) is 1.